The summed E-state index contributed by atoms with van der Waals surface area (Å²) in [5.74, 6) is 0.819. The second kappa shape index (κ2) is 5.10. The molecule has 0 unspecified atom stereocenters. The third-order valence-corrected chi connectivity index (χ3v) is 2.43. The van der Waals surface area contributed by atoms with E-state index >= 15 is 0 Å². The van der Waals surface area contributed by atoms with Crippen molar-refractivity contribution >= 4 is 31.9 Å². The van der Waals surface area contributed by atoms with E-state index in [1.165, 1.54) is 6.42 Å². The van der Waals surface area contributed by atoms with Gasteiger partial charge < -0.3 is 0 Å². The molecular weight excluding hydrogens is 220 g/mol. The minimum atomic E-state index is 0.819. The molecule has 44 valence electrons. The van der Waals surface area contributed by atoms with Crippen LogP contribution in [0, 0.1) is 5.92 Å². The van der Waals surface area contributed by atoms with Crippen molar-refractivity contribution in [3.63, 3.8) is 0 Å². The van der Waals surface area contributed by atoms with Crippen LogP contribution in [0.1, 0.15) is 13.3 Å². The van der Waals surface area contributed by atoms with E-state index in [1.807, 2.05) is 0 Å². The predicted molar refractivity (Wildman–Crippen MR) is 41.4 cm³/mol. The second-order valence-corrected chi connectivity index (χ2v) is 3.18. The van der Waals surface area contributed by atoms with Crippen LogP contribution in [0.25, 0.3) is 0 Å². The smallest absolute Gasteiger partial charge is 0.00573 e. The molecular formula is C5H10Br2. The topological polar surface area (TPSA) is 0 Å². The Hall–Kier alpha value is 0.960. The van der Waals surface area contributed by atoms with Gasteiger partial charge in [0.2, 0.25) is 0 Å². The van der Waals surface area contributed by atoms with Crippen LogP contribution in [-0.2, 0) is 0 Å². The molecule has 7 heavy (non-hydrogen) atoms. The summed E-state index contributed by atoms with van der Waals surface area (Å²) in [6.45, 7) is 2.23. The van der Waals surface area contributed by atoms with Gasteiger partial charge in [-0.3, -0.25) is 0 Å². The Morgan fingerprint density at radius 1 is 1.43 bits per heavy atom. The van der Waals surface area contributed by atoms with Crippen LogP contribution < -0.4 is 0 Å². The van der Waals surface area contributed by atoms with Crippen LogP contribution in [0.15, 0.2) is 0 Å². The molecule has 0 nitrogen and oxygen atoms in total. The molecule has 0 amide bonds. The molecule has 0 aliphatic carbocycles. The zero-order chi connectivity index (χ0) is 5.70. The minimum absolute atomic E-state index is 0.819. The van der Waals surface area contributed by atoms with Crippen molar-refractivity contribution in [2.45, 2.75) is 13.3 Å². The van der Waals surface area contributed by atoms with Crippen molar-refractivity contribution in [2.24, 2.45) is 5.92 Å². The largest absolute Gasteiger partial charge is 0.0928 e. The highest BCUT2D eigenvalue weighted by Crippen LogP contribution is 2.06. The van der Waals surface area contributed by atoms with Crippen LogP contribution in [0.4, 0.5) is 0 Å². The van der Waals surface area contributed by atoms with E-state index in [1.54, 1.807) is 0 Å². The van der Waals surface area contributed by atoms with Crippen molar-refractivity contribution in [1.29, 1.82) is 0 Å². The molecule has 0 rings (SSSR count). The van der Waals surface area contributed by atoms with Gasteiger partial charge in [0.05, 0.1) is 0 Å². The summed E-state index contributed by atoms with van der Waals surface area (Å²) in [5, 5.41) is 2.25. The predicted octanol–water partition coefficient (Wildman–Crippen LogP) is 2.80. The number of hydrogen-bond donors (Lipinski definition) is 0. The molecule has 0 fully saturated rings. The summed E-state index contributed by atoms with van der Waals surface area (Å²) in [4.78, 5) is 0. The lowest BCUT2D eigenvalue weighted by Gasteiger charge is -2.00. The summed E-state index contributed by atoms with van der Waals surface area (Å²) in [7, 11) is 0. The lowest BCUT2D eigenvalue weighted by Crippen LogP contribution is -1.94. The van der Waals surface area contributed by atoms with E-state index in [0.717, 1.165) is 16.6 Å². The van der Waals surface area contributed by atoms with E-state index in [2.05, 4.69) is 38.8 Å². The third kappa shape index (κ3) is 4.82. The normalized spacial score (nSPS) is 14.1. The van der Waals surface area contributed by atoms with Gasteiger partial charge >= 0.3 is 0 Å². The van der Waals surface area contributed by atoms with E-state index in [0.29, 0.717) is 0 Å². The van der Waals surface area contributed by atoms with E-state index in [-0.39, 0.29) is 0 Å². The third-order valence-electron chi connectivity index (χ3n) is 0.865. The van der Waals surface area contributed by atoms with Gasteiger partial charge in [-0.25, -0.2) is 0 Å². The molecule has 2 heteroatoms. The molecule has 0 N–H and O–H groups in total. The maximum atomic E-state index is 3.39. The maximum absolute atomic E-state index is 3.39. The van der Waals surface area contributed by atoms with E-state index in [9.17, 15) is 0 Å². The van der Waals surface area contributed by atoms with Crippen LogP contribution in [-0.4, -0.2) is 10.7 Å². The number of hydrogen-bond acceptors (Lipinski definition) is 0. The summed E-state index contributed by atoms with van der Waals surface area (Å²) >= 11 is 6.76. The first-order valence-electron chi connectivity index (χ1n) is 2.43. The number of halogens is 2. The van der Waals surface area contributed by atoms with Gasteiger partial charge in [-0.1, -0.05) is 38.8 Å². The molecule has 0 heterocycles. The summed E-state index contributed by atoms with van der Waals surface area (Å²) < 4.78 is 0. The summed E-state index contributed by atoms with van der Waals surface area (Å²) in [6.07, 6.45) is 1.27. The monoisotopic (exact) mass is 228 g/mol. The van der Waals surface area contributed by atoms with Gasteiger partial charge in [-0.2, -0.15) is 0 Å². The molecule has 0 aromatic heterocycles. The molecule has 0 spiro atoms. The second-order valence-electron chi connectivity index (χ2n) is 1.74. The van der Waals surface area contributed by atoms with Crippen LogP contribution >= 0.6 is 31.9 Å². The van der Waals surface area contributed by atoms with E-state index in [4.69, 9.17) is 0 Å². The van der Waals surface area contributed by atoms with Gasteiger partial charge in [0, 0.05) is 10.7 Å². The fourth-order valence-electron chi connectivity index (χ4n) is 0.263. The Bertz CT molecular complexity index is 37.1. The number of rotatable bonds is 3. The zero-order valence-corrected chi connectivity index (χ0v) is 7.63. The van der Waals surface area contributed by atoms with Gasteiger partial charge in [0.15, 0.2) is 0 Å². The first-order valence-corrected chi connectivity index (χ1v) is 4.67. The van der Waals surface area contributed by atoms with Crippen molar-refractivity contribution in [3.8, 4) is 0 Å². The fraction of sp³-hybridized carbons (Fsp3) is 1.00. The van der Waals surface area contributed by atoms with Crippen molar-refractivity contribution in [1.82, 2.24) is 0 Å². The Labute approximate surface area is 61.9 Å². The number of alkyl halides is 2. The zero-order valence-electron chi connectivity index (χ0n) is 4.45. The first-order chi connectivity index (χ1) is 3.31. The van der Waals surface area contributed by atoms with Crippen molar-refractivity contribution in [2.75, 3.05) is 10.7 Å². The average Bonchev–Trinajstić information content (AvgIpc) is 1.68. The molecule has 0 bridgehead atoms. The Morgan fingerprint density at radius 2 is 2.00 bits per heavy atom. The van der Waals surface area contributed by atoms with Gasteiger partial charge in [-0.15, -0.1) is 0 Å². The quantitative estimate of drug-likeness (QED) is 0.654. The average molecular weight is 230 g/mol. The van der Waals surface area contributed by atoms with Crippen LogP contribution in [0.2, 0.25) is 0 Å². The molecule has 0 aromatic carbocycles. The lowest BCUT2D eigenvalue weighted by molar-refractivity contribution is 0.650. The standard InChI is InChI=1S/C5H10Br2/c1-5(4-7)2-3-6/h5H,2-4H2,1H3/t5-/m1/s1. The van der Waals surface area contributed by atoms with Crippen LogP contribution in [0.3, 0.4) is 0 Å². The Kier molecular flexibility index (Phi) is 5.80. The van der Waals surface area contributed by atoms with Crippen molar-refractivity contribution in [3.05, 3.63) is 0 Å². The fourth-order valence-corrected chi connectivity index (χ4v) is 1.37. The van der Waals surface area contributed by atoms with E-state index < -0.39 is 0 Å². The highest BCUT2D eigenvalue weighted by Gasteiger charge is 1.94. The Morgan fingerprint density at radius 3 is 2.14 bits per heavy atom. The SMILES string of the molecule is C[C@@H](CBr)CCBr. The van der Waals surface area contributed by atoms with Crippen molar-refractivity contribution < 1.29 is 0 Å². The van der Waals surface area contributed by atoms with Gasteiger partial charge in [-0.05, 0) is 12.3 Å². The molecule has 0 aliphatic heterocycles. The van der Waals surface area contributed by atoms with Gasteiger partial charge in [0.25, 0.3) is 0 Å². The summed E-state index contributed by atoms with van der Waals surface area (Å²) in [6, 6.07) is 0. The molecule has 1 atom stereocenters. The molecule has 0 aliphatic rings. The first kappa shape index (κ1) is 7.96. The Balaban J connectivity index is 2.83. The molecule has 0 aromatic rings. The summed E-state index contributed by atoms with van der Waals surface area (Å²) in [5.41, 5.74) is 0. The van der Waals surface area contributed by atoms with Gasteiger partial charge in [0.1, 0.15) is 0 Å². The maximum Gasteiger partial charge on any atom is 0.00573 e. The molecule has 0 saturated carbocycles. The highest BCUT2D eigenvalue weighted by molar-refractivity contribution is 9.09. The molecule has 0 saturated heterocycles. The lowest BCUT2D eigenvalue weighted by atomic mass is 10.2. The molecule has 0 radical (unpaired) electrons. The van der Waals surface area contributed by atoms with Crippen LogP contribution in [0.5, 0.6) is 0 Å². The highest BCUT2D eigenvalue weighted by atomic mass is 79.9. The minimum Gasteiger partial charge on any atom is -0.0928 e.